The number of carbonyl (C=O) groups excluding carboxylic acids is 1. The van der Waals surface area contributed by atoms with Crippen molar-refractivity contribution in [2.24, 2.45) is 0 Å². The number of amides is 2. The quantitative estimate of drug-likeness (QED) is 0.637. The molecule has 3 heterocycles. The molecule has 0 bridgehead atoms. The number of fused-ring (bicyclic) bond motifs is 1. The molecular formula is C14H20N6O3S. The SMILES string of the molecule is CS(=O)(=O)C(NC(=O)Nc1cnc2[nH]ccc2n1)C1CCCCN1. The molecular weight excluding hydrogens is 332 g/mol. The normalized spacial score (nSPS) is 19.8. The van der Waals surface area contributed by atoms with Gasteiger partial charge in [0, 0.05) is 18.5 Å². The highest BCUT2D eigenvalue weighted by Gasteiger charge is 2.32. The molecule has 1 fully saturated rings. The van der Waals surface area contributed by atoms with Gasteiger partial charge in [0.1, 0.15) is 10.9 Å². The van der Waals surface area contributed by atoms with E-state index in [1.165, 1.54) is 6.20 Å². The molecule has 4 N–H and O–H groups in total. The summed E-state index contributed by atoms with van der Waals surface area (Å²) in [7, 11) is -3.45. The van der Waals surface area contributed by atoms with E-state index in [0.717, 1.165) is 25.6 Å². The number of H-pyrrole nitrogens is 1. The molecule has 1 saturated heterocycles. The first-order valence-electron chi connectivity index (χ1n) is 7.73. The molecule has 1 aliphatic heterocycles. The first kappa shape index (κ1) is 16.7. The van der Waals surface area contributed by atoms with Crippen LogP contribution in [0.1, 0.15) is 19.3 Å². The van der Waals surface area contributed by atoms with Crippen molar-refractivity contribution in [2.75, 3.05) is 18.1 Å². The van der Waals surface area contributed by atoms with Crippen LogP contribution in [-0.2, 0) is 9.84 Å². The molecule has 130 valence electrons. The Morgan fingerprint density at radius 3 is 2.96 bits per heavy atom. The van der Waals surface area contributed by atoms with Gasteiger partial charge in [-0.1, -0.05) is 6.42 Å². The Bertz CT molecular complexity index is 828. The maximum Gasteiger partial charge on any atom is 0.321 e. The van der Waals surface area contributed by atoms with E-state index >= 15 is 0 Å². The lowest BCUT2D eigenvalue weighted by molar-refractivity contribution is 0.247. The van der Waals surface area contributed by atoms with Gasteiger partial charge in [-0.05, 0) is 25.5 Å². The highest BCUT2D eigenvalue weighted by molar-refractivity contribution is 7.91. The first-order chi connectivity index (χ1) is 11.4. The molecule has 2 aromatic rings. The lowest BCUT2D eigenvalue weighted by atomic mass is 10.1. The molecule has 24 heavy (non-hydrogen) atoms. The van der Waals surface area contributed by atoms with E-state index in [-0.39, 0.29) is 11.9 Å². The summed E-state index contributed by atoms with van der Waals surface area (Å²) in [6, 6.07) is 0.816. The Balaban J connectivity index is 1.70. The average molecular weight is 352 g/mol. The van der Waals surface area contributed by atoms with Gasteiger partial charge in [-0.2, -0.15) is 0 Å². The van der Waals surface area contributed by atoms with E-state index in [9.17, 15) is 13.2 Å². The van der Waals surface area contributed by atoms with E-state index in [0.29, 0.717) is 17.6 Å². The van der Waals surface area contributed by atoms with Crippen molar-refractivity contribution in [1.82, 2.24) is 25.6 Å². The largest absolute Gasteiger partial charge is 0.345 e. The smallest absolute Gasteiger partial charge is 0.321 e. The van der Waals surface area contributed by atoms with Crippen molar-refractivity contribution in [3.05, 3.63) is 18.5 Å². The van der Waals surface area contributed by atoms with Crippen molar-refractivity contribution in [1.29, 1.82) is 0 Å². The summed E-state index contributed by atoms with van der Waals surface area (Å²) in [4.78, 5) is 23.4. The summed E-state index contributed by atoms with van der Waals surface area (Å²) in [5.41, 5.74) is 1.22. The fourth-order valence-electron chi connectivity index (χ4n) is 2.82. The molecule has 0 spiro atoms. The third-order valence-electron chi connectivity index (χ3n) is 3.95. The standard InChI is InChI=1S/C14H20N6O3S/c1-24(22,23)13(10-4-2-3-6-15-10)20-14(21)19-11-8-17-12-9(18-11)5-7-16-12/h5,7-8,10,13,15H,2-4,6H2,1H3,(H,16,17)(H2,18,19,20,21). The third-order valence-corrected chi connectivity index (χ3v) is 5.32. The van der Waals surface area contributed by atoms with Gasteiger partial charge >= 0.3 is 6.03 Å². The zero-order chi connectivity index (χ0) is 17.2. The zero-order valence-electron chi connectivity index (χ0n) is 13.2. The molecule has 0 radical (unpaired) electrons. The second-order valence-electron chi connectivity index (χ2n) is 5.87. The number of carbonyl (C=O) groups is 1. The molecule has 1 aliphatic rings. The minimum Gasteiger partial charge on any atom is -0.345 e. The molecule has 0 saturated carbocycles. The van der Waals surface area contributed by atoms with Gasteiger partial charge in [-0.3, -0.25) is 5.32 Å². The van der Waals surface area contributed by atoms with Crippen molar-refractivity contribution >= 4 is 32.9 Å². The minimum absolute atomic E-state index is 0.253. The molecule has 2 atom stereocenters. The number of sulfone groups is 1. The van der Waals surface area contributed by atoms with Crippen molar-refractivity contribution in [2.45, 2.75) is 30.7 Å². The van der Waals surface area contributed by atoms with Crippen molar-refractivity contribution in [3.8, 4) is 0 Å². The molecule has 2 aromatic heterocycles. The Morgan fingerprint density at radius 2 is 2.25 bits per heavy atom. The van der Waals surface area contributed by atoms with Crippen LogP contribution in [0.5, 0.6) is 0 Å². The van der Waals surface area contributed by atoms with Crippen LogP contribution in [-0.4, -0.2) is 53.6 Å². The third kappa shape index (κ3) is 3.82. The number of hydrogen-bond acceptors (Lipinski definition) is 6. The van der Waals surface area contributed by atoms with Crippen LogP contribution in [0.25, 0.3) is 11.2 Å². The Hall–Kier alpha value is -2.20. The van der Waals surface area contributed by atoms with Crippen LogP contribution in [0.15, 0.2) is 18.5 Å². The maximum absolute atomic E-state index is 12.2. The Kier molecular flexibility index (Phi) is 4.67. The Labute approximate surface area is 139 Å². The second kappa shape index (κ2) is 6.73. The summed E-state index contributed by atoms with van der Waals surface area (Å²) in [6.07, 6.45) is 6.87. The van der Waals surface area contributed by atoms with E-state index < -0.39 is 21.2 Å². The topological polar surface area (TPSA) is 129 Å². The number of rotatable bonds is 4. The number of piperidine rings is 1. The summed E-state index contributed by atoms with van der Waals surface area (Å²) in [5, 5.41) is 7.25. The molecule has 9 nitrogen and oxygen atoms in total. The van der Waals surface area contributed by atoms with Crippen molar-refractivity contribution in [3.63, 3.8) is 0 Å². The average Bonchev–Trinajstić information content (AvgIpc) is 3.00. The summed E-state index contributed by atoms with van der Waals surface area (Å²) in [6.45, 7) is 0.746. The predicted molar refractivity (Wildman–Crippen MR) is 90.3 cm³/mol. The van der Waals surface area contributed by atoms with E-state index in [2.05, 4.69) is 30.9 Å². The molecule has 0 aromatic carbocycles. The van der Waals surface area contributed by atoms with Crippen LogP contribution >= 0.6 is 0 Å². The number of urea groups is 1. The van der Waals surface area contributed by atoms with Gasteiger partial charge in [0.2, 0.25) is 0 Å². The number of hydrogen-bond donors (Lipinski definition) is 4. The first-order valence-corrected chi connectivity index (χ1v) is 9.69. The fourth-order valence-corrected chi connectivity index (χ4v) is 3.97. The number of nitrogens with one attached hydrogen (secondary N) is 4. The zero-order valence-corrected chi connectivity index (χ0v) is 14.1. The van der Waals surface area contributed by atoms with Gasteiger partial charge < -0.3 is 15.6 Å². The van der Waals surface area contributed by atoms with Crippen LogP contribution < -0.4 is 16.0 Å². The van der Waals surface area contributed by atoms with Gasteiger partial charge in [0.15, 0.2) is 21.3 Å². The van der Waals surface area contributed by atoms with Crippen LogP contribution in [0.3, 0.4) is 0 Å². The summed E-state index contributed by atoms with van der Waals surface area (Å²) >= 11 is 0. The van der Waals surface area contributed by atoms with E-state index in [1.807, 2.05) is 0 Å². The number of nitrogens with zero attached hydrogens (tertiary/aromatic N) is 2. The summed E-state index contributed by atoms with van der Waals surface area (Å²) < 4.78 is 24.1. The highest BCUT2D eigenvalue weighted by atomic mass is 32.2. The lowest BCUT2D eigenvalue weighted by Gasteiger charge is -2.30. The van der Waals surface area contributed by atoms with Gasteiger partial charge in [-0.15, -0.1) is 0 Å². The number of aromatic amines is 1. The Morgan fingerprint density at radius 1 is 1.42 bits per heavy atom. The monoisotopic (exact) mass is 352 g/mol. The van der Waals surface area contributed by atoms with Crippen molar-refractivity contribution < 1.29 is 13.2 Å². The van der Waals surface area contributed by atoms with Gasteiger partial charge in [0.05, 0.1) is 6.20 Å². The van der Waals surface area contributed by atoms with Crippen LogP contribution in [0.2, 0.25) is 0 Å². The maximum atomic E-state index is 12.2. The lowest BCUT2D eigenvalue weighted by Crippen LogP contribution is -2.56. The number of aromatic nitrogens is 3. The molecule has 2 unspecified atom stereocenters. The minimum atomic E-state index is -3.45. The molecule has 3 rings (SSSR count). The molecule has 10 heteroatoms. The van der Waals surface area contributed by atoms with Crippen LogP contribution in [0, 0.1) is 0 Å². The fraction of sp³-hybridized carbons (Fsp3) is 0.500. The second-order valence-corrected chi connectivity index (χ2v) is 8.04. The predicted octanol–water partition coefficient (Wildman–Crippen LogP) is 0.592. The molecule has 0 aliphatic carbocycles. The van der Waals surface area contributed by atoms with Gasteiger partial charge in [0.25, 0.3) is 0 Å². The summed E-state index contributed by atoms with van der Waals surface area (Å²) in [5.74, 6) is 0.253. The van der Waals surface area contributed by atoms with E-state index in [4.69, 9.17) is 0 Å². The van der Waals surface area contributed by atoms with Gasteiger partial charge in [-0.25, -0.2) is 23.2 Å². The van der Waals surface area contributed by atoms with Crippen LogP contribution in [0.4, 0.5) is 10.6 Å². The molecule has 2 amide bonds. The number of anilines is 1. The van der Waals surface area contributed by atoms with E-state index in [1.54, 1.807) is 12.3 Å². The highest BCUT2D eigenvalue weighted by Crippen LogP contribution is 2.15.